The van der Waals surface area contributed by atoms with Crippen LogP contribution in [-0.4, -0.2) is 11.8 Å². The number of unbranched alkanes of at least 4 members (excludes halogenated alkanes) is 12. The highest BCUT2D eigenvalue weighted by molar-refractivity contribution is 9.41. The van der Waals surface area contributed by atoms with E-state index in [2.05, 4.69) is 23.3 Å². The number of carbonyl (C=O) groups is 2. The van der Waals surface area contributed by atoms with Crippen LogP contribution in [0.15, 0.2) is 0 Å². The van der Waals surface area contributed by atoms with E-state index in [1.807, 2.05) is 0 Å². The van der Waals surface area contributed by atoms with Gasteiger partial charge in [-0.1, -0.05) is 90.9 Å². The van der Waals surface area contributed by atoms with Crippen LogP contribution in [0.25, 0.3) is 0 Å². The molecule has 2 N–H and O–H groups in total. The lowest BCUT2D eigenvalue weighted by Crippen LogP contribution is -2.13. The third-order valence-electron chi connectivity index (χ3n) is 4.48. The highest BCUT2D eigenvalue weighted by Crippen LogP contribution is 2.50. The Bertz CT molecular complexity index is 369. The lowest BCUT2D eigenvalue weighted by molar-refractivity contribution is -0.120. The van der Waals surface area contributed by atoms with E-state index in [-0.39, 0.29) is 11.8 Å². The summed E-state index contributed by atoms with van der Waals surface area (Å²) in [6.07, 6.45) is 18.4. The highest BCUT2D eigenvalue weighted by atomic mass is 33.9. The van der Waals surface area contributed by atoms with Crippen molar-refractivity contribution in [3.8, 4) is 0 Å². The maximum atomic E-state index is 11.7. The summed E-state index contributed by atoms with van der Waals surface area (Å²) >= 11 is 0. The molecule has 0 fully saturated rings. The quantitative estimate of drug-likeness (QED) is 0.0766. The fourth-order valence-electron chi connectivity index (χ4n) is 2.76. The molecule has 4 nitrogen and oxygen atoms in total. The summed E-state index contributed by atoms with van der Waals surface area (Å²) in [6, 6.07) is 0. The van der Waals surface area contributed by atoms with Crippen molar-refractivity contribution in [2.24, 2.45) is 0 Å². The molecule has 10 heteroatoms. The summed E-state index contributed by atoms with van der Waals surface area (Å²) in [5.74, 6) is 0.234. The molecule has 0 unspecified atom stereocenters. The van der Waals surface area contributed by atoms with E-state index in [4.69, 9.17) is 0 Å². The van der Waals surface area contributed by atoms with Crippen molar-refractivity contribution in [1.82, 2.24) is 9.44 Å². The first-order valence-corrected chi connectivity index (χ1v) is 18.8. The van der Waals surface area contributed by atoms with E-state index < -0.39 is 0 Å². The lowest BCUT2D eigenvalue weighted by Gasteiger charge is -2.04. The van der Waals surface area contributed by atoms with E-state index in [9.17, 15) is 9.59 Å². The number of hydrogen-bond donors (Lipinski definition) is 2. The summed E-state index contributed by atoms with van der Waals surface area (Å²) in [4.78, 5) is 23.5. The molecule has 0 spiro atoms. The molecule has 2 amide bonds. The molecule has 0 aliphatic rings. The third-order valence-corrected chi connectivity index (χ3v) is 14.0. The third kappa shape index (κ3) is 25.3. The van der Waals surface area contributed by atoms with Crippen LogP contribution in [0.1, 0.15) is 117 Å². The lowest BCUT2D eigenvalue weighted by atomic mass is 10.1. The van der Waals surface area contributed by atoms with Gasteiger partial charge in [-0.05, 0) is 12.8 Å². The molecule has 178 valence electrons. The summed E-state index contributed by atoms with van der Waals surface area (Å²) in [6.45, 7) is 4.45. The van der Waals surface area contributed by atoms with Gasteiger partial charge in [-0.15, -0.1) is 0 Å². The number of carbonyl (C=O) groups excluding carboxylic acids is 2. The maximum absolute atomic E-state index is 11.7. The molecule has 30 heavy (non-hydrogen) atoms. The fourth-order valence-corrected chi connectivity index (χ4v) is 12.3. The molecule has 0 saturated heterocycles. The van der Waals surface area contributed by atoms with Crippen LogP contribution in [0.3, 0.4) is 0 Å². The van der Waals surface area contributed by atoms with Crippen molar-refractivity contribution < 1.29 is 9.59 Å². The van der Waals surface area contributed by atoms with Crippen molar-refractivity contribution in [1.29, 1.82) is 0 Å². The Labute approximate surface area is 207 Å². The zero-order chi connectivity index (χ0) is 22.1. The van der Waals surface area contributed by atoms with E-state index in [0.29, 0.717) is 12.8 Å². The molecule has 0 aromatic heterocycles. The van der Waals surface area contributed by atoms with E-state index in [1.165, 1.54) is 106 Å². The first kappa shape index (κ1) is 31.0. The number of nitrogens with one attached hydrogen (secondary N) is 2. The van der Waals surface area contributed by atoms with Gasteiger partial charge >= 0.3 is 0 Å². The first-order chi connectivity index (χ1) is 14.7. The van der Waals surface area contributed by atoms with Crippen molar-refractivity contribution in [2.75, 3.05) is 0 Å². The molecule has 0 heterocycles. The van der Waals surface area contributed by atoms with Crippen LogP contribution in [0.4, 0.5) is 0 Å². The summed E-state index contributed by atoms with van der Waals surface area (Å²) in [7, 11) is 8.99. The Morgan fingerprint density at radius 2 is 0.833 bits per heavy atom. The Morgan fingerprint density at radius 1 is 0.500 bits per heavy atom. The molecular formula is C20H40N2O2S6. The van der Waals surface area contributed by atoms with Crippen LogP contribution in [-0.2, 0) is 9.59 Å². The Morgan fingerprint density at radius 3 is 1.20 bits per heavy atom. The molecule has 0 atom stereocenters. The topological polar surface area (TPSA) is 58.2 Å². The molecule has 0 aromatic carbocycles. The van der Waals surface area contributed by atoms with Gasteiger partial charge in [-0.3, -0.25) is 19.0 Å². The Kier molecular flexibility index (Phi) is 27.2. The first-order valence-electron chi connectivity index (χ1n) is 11.3. The highest BCUT2D eigenvalue weighted by Gasteiger charge is 2.04. The van der Waals surface area contributed by atoms with Gasteiger partial charge in [0, 0.05) is 74.1 Å². The monoisotopic (exact) mass is 532 g/mol. The average molecular weight is 533 g/mol. The zero-order valence-electron chi connectivity index (χ0n) is 18.6. The van der Waals surface area contributed by atoms with Gasteiger partial charge in [0.05, 0.1) is 0 Å². The molecule has 0 aliphatic heterocycles. The minimum absolute atomic E-state index is 0.117. The number of amides is 2. The van der Waals surface area contributed by atoms with Crippen LogP contribution >= 0.6 is 61.3 Å². The number of hydrogen-bond acceptors (Lipinski definition) is 8. The van der Waals surface area contributed by atoms with Gasteiger partial charge in [0.1, 0.15) is 0 Å². The second kappa shape index (κ2) is 26.3. The van der Waals surface area contributed by atoms with Gasteiger partial charge in [0.15, 0.2) is 0 Å². The molecular weight excluding hydrogens is 493 g/mol. The van der Waals surface area contributed by atoms with Crippen molar-refractivity contribution in [2.45, 2.75) is 117 Å². The normalized spacial score (nSPS) is 10.9. The standard InChI is InChI=1S/C20H40N2O2S6/c1-3-5-7-9-11-13-15-17-19(23)21-25-27-29-30-28-26-22-20(24)18-16-14-12-10-8-6-4-2/h3-18H2,1-2H3,(H,21,23)(H,22,24). The second-order valence-corrected chi connectivity index (χ2v) is 16.0. The Balaban J connectivity index is 3.25. The van der Waals surface area contributed by atoms with Gasteiger partial charge in [0.2, 0.25) is 11.8 Å². The van der Waals surface area contributed by atoms with Gasteiger partial charge in [-0.2, -0.15) is 0 Å². The maximum Gasteiger partial charge on any atom is 0.230 e. The zero-order valence-corrected chi connectivity index (χ0v) is 23.5. The van der Waals surface area contributed by atoms with Gasteiger partial charge in [0.25, 0.3) is 0 Å². The van der Waals surface area contributed by atoms with Crippen molar-refractivity contribution >= 4 is 73.1 Å². The predicted molar refractivity (Wildman–Crippen MR) is 147 cm³/mol. The van der Waals surface area contributed by atoms with E-state index >= 15 is 0 Å². The summed E-state index contributed by atoms with van der Waals surface area (Å²) < 4.78 is 5.74. The van der Waals surface area contributed by atoms with Crippen LogP contribution in [0, 0.1) is 0 Å². The second-order valence-electron chi connectivity index (χ2n) is 7.23. The minimum Gasteiger partial charge on any atom is -0.290 e. The summed E-state index contributed by atoms with van der Waals surface area (Å²) in [5, 5.41) is 0. The molecule has 0 bridgehead atoms. The molecule has 0 aliphatic carbocycles. The minimum atomic E-state index is 0.117. The van der Waals surface area contributed by atoms with Crippen molar-refractivity contribution in [3.63, 3.8) is 0 Å². The average Bonchev–Trinajstić information content (AvgIpc) is 2.74. The van der Waals surface area contributed by atoms with E-state index in [0.717, 1.165) is 25.7 Å². The largest absolute Gasteiger partial charge is 0.290 e. The Hall–Kier alpha value is 1.04. The summed E-state index contributed by atoms with van der Waals surface area (Å²) in [5.41, 5.74) is 0. The molecule has 0 saturated carbocycles. The number of rotatable bonds is 23. The van der Waals surface area contributed by atoms with Gasteiger partial charge in [-0.25, -0.2) is 0 Å². The predicted octanol–water partition coefficient (Wildman–Crippen LogP) is 9.30. The van der Waals surface area contributed by atoms with Crippen LogP contribution < -0.4 is 9.44 Å². The van der Waals surface area contributed by atoms with Crippen molar-refractivity contribution in [3.05, 3.63) is 0 Å². The molecule has 0 aromatic rings. The van der Waals surface area contributed by atoms with Crippen LogP contribution in [0.5, 0.6) is 0 Å². The fraction of sp³-hybridized carbons (Fsp3) is 0.900. The van der Waals surface area contributed by atoms with Gasteiger partial charge < -0.3 is 0 Å². The molecule has 0 radical (unpaired) electrons. The smallest absolute Gasteiger partial charge is 0.230 e. The SMILES string of the molecule is CCCCCCCCCC(=O)NSSSSSSNC(=O)CCCCCCCCC. The van der Waals surface area contributed by atoms with E-state index in [1.54, 1.807) is 19.7 Å². The molecule has 0 rings (SSSR count). The van der Waals surface area contributed by atoms with Crippen LogP contribution in [0.2, 0.25) is 0 Å².